The van der Waals surface area contributed by atoms with Crippen LogP contribution >= 0.6 is 0 Å². The van der Waals surface area contributed by atoms with Crippen molar-refractivity contribution in [2.24, 2.45) is 0 Å². The van der Waals surface area contributed by atoms with Crippen LogP contribution in [0.2, 0.25) is 0 Å². The fourth-order valence-electron chi connectivity index (χ4n) is 2.07. The van der Waals surface area contributed by atoms with Crippen molar-refractivity contribution < 1.29 is 17.9 Å². The summed E-state index contributed by atoms with van der Waals surface area (Å²) in [5.41, 5.74) is 1.38. The Morgan fingerprint density at radius 1 is 1.04 bits per heavy atom. The lowest BCUT2D eigenvalue weighted by Crippen LogP contribution is -2.36. The van der Waals surface area contributed by atoms with Crippen LogP contribution in [0.25, 0.3) is 0 Å². The maximum Gasteiger partial charge on any atom is 0.326 e. The van der Waals surface area contributed by atoms with Gasteiger partial charge in [0.1, 0.15) is 6.54 Å². The molecule has 0 aromatic heterocycles. The van der Waals surface area contributed by atoms with E-state index in [1.54, 1.807) is 49.4 Å². The van der Waals surface area contributed by atoms with Crippen LogP contribution in [0.4, 0.5) is 5.69 Å². The lowest BCUT2D eigenvalue weighted by atomic mass is 10.2. The van der Waals surface area contributed by atoms with Crippen molar-refractivity contribution >= 4 is 21.7 Å². The Hall–Kier alpha value is -2.34. The van der Waals surface area contributed by atoms with E-state index in [4.69, 9.17) is 4.74 Å². The molecule has 122 valence electrons. The largest absolute Gasteiger partial charge is 0.465 e. The van der Waals surface area contributed by atoms with Crippen molar-refractivity contribution in [1.29, 1.82) is 0 Å². The third kappa shape index (κ3) is 4.10. The molecule has 0 unspecified atom stereocenters. The molecule has 0 heterocycles. The quantitative estimate of drug-likeness (QED) is 0.763. The summed E-state index contributed by atoms with van der Waals surface area (Å²) >= 11 is 0. The Bertz CT molecular complexity index is 755. The molecule has 23 heavy (non-hydrogen) atoms. The zero-order chi connectivity index (χ0) is 16.9. The molecule has 0 aliphatic rings. The fourth-order valence-corrected chi connectivity index (χ4v) is 3.48. The van der Waals surface area contributed by atoms with Gasteiger partial charge in [-0.15, -0.1) is 0 Å². The van der Waals surface area contributed by atoms with Crippen LogP contribution in [0.3, 0.4) is 0 Å². The number of hydrogen-bond donors (Lipinski definition) is 0. The summed E-state index contributed by atoms with van der Waals surface area (Å²) in [5.74, 6) is -0.591. The van der Waals surface area contributed by atoms with Gasteiger partial charge >= 0.3 is 5.97 Å². The highest BCUT2D eigenvalue weighted by Crippen LogP contribution is 2.23. The highest BCUT2D eigenvalue weighted by molar-refractivity contribution is 7.92. The number of sulfonamides is 1. The molecule has 0 radical (unpaired) electrons. The van der Waals surface area contributed by atoms with Crippen LogP contribution in [0, 0.1) is 6.92 Å². The predicted molar refractivity (Wildman–Crippen MR) is 88.8 cm³/mol. The van der Waals surface area contributed by atoms with Gasteiger partial charge in [0.05, 0.1) is 17.2 Å². The molecule has 6 heteroatoms. The number of carbonyl (C=O) groups is 1. The van der Waals surface area contributed by atoms with Gasteiger partial charge in [-0.1, -0.05) is 35.9 Å². The molecular formula is C17H19NO4S. The SMILES string of the molecule is CCOC(=O)CN(c1ccccc1)S(=O)(=O)c1ccc(C)cc1. The van der Waals surface area contributed by atoms with E-state index in [-0.39, 0.29) is 18.0 Å². The minimum Gasteiger partial charge on any atom is -0.465 e. The number of rotatable bonds is 6. The van der Waals surface area contributed by atoms with Gasteiger partial charge in [-0.05, 0) is 38.1 Å². The number of benzene rings is 2. The molecule has 2 aromatic rings. The molecule has 0 aliphatic carbocycles. The number of para-hydroxylation sites is 1. The molecule has 0 atom stereocenters. The zero-order valence-corrected chi connectivity index (χ0v) is 13.9. The second-order valence-electron chi connectivity index (χ2n) is 4.97. The van der Waals surface area contributed by atoms with Gasteiger partial charge in [0.2, 0.25) is 0 Å². The number of aryl methyl sites for hydroxylation is 1. The van der Waals surface area contributed by atoms with Gasteiger partial charge in [-0.3, -0.25) is 9.10 Å². The van der Waals surface area contributed by atoms with Gasteiger partial charge in [0.25, 0.3) is 10.0 Å². The molecule has 0 N–H and O–H groups in total. The van der Waals surface area contributed by atoms with Crippen molar-refractivity contribution in [2.45, 2.75) is 18.7 Å². The highest BCUT2D eigenvalue weighted by atomic mass is 32.2. The molecule has 2 rings (SSSR count). The molecule has 0 saturated carbocycles. The van der Waals surface area contributed by atoms with E-state index < -0.39 is 16.0 Å². The maximum absolute atomic E-state index is 12.9. The monoisotopic (exact) mass is 333 g/mol. The maximum atomic E-state index is 12.9. The second kappa shape index (κ2) is 7.28. The Kier molecular flexibility index (Phi) is 5.39. The van der Waals surface area contributed by atoms with Crippen LogP contribution in [0.1, 0.15) is 12.5 Å². The minimum absolute atomic E-state index is 0.135. The Morgan fingerprint density at radius 3 is 2.22 bits per heavy atom. The molecule has 0 aliphatic heterocycles. The van der Waals surface area contributed by atoms with Gasteiger partial charge in [-0.2, -0.15) is 0 Å². The lowest BCUT2D eigenvalue weighted by Gasteiger charge is -2.23. The third-order valence-corrected chi connectivity index (χ3v) is 5.02. The van der Waals surface area contributed by atoms with E-state index in [0.717, 1.165) is 9.87 Å². The smallest absolute Gasteiger partial charge is 0.326 e. The van der Waals surface area contributed by atoms with E-state index in [1.807, 2.05) is 6.92 Å². The van der Waals surface area contributed by atoms with Crippen LogP contribution < -0.4 is 4.31 Å². The first-order valence-corrected chi connectivity index (χ1v) is 8.69. The van der Waals surface area contributed by atoms with Crippen LogP contribution in [-0.2, 0) is 19.6 Å². The standard InChI is InChI=1S/C17H19NO4S/c1-3-22-17(19)13-18(15-7-5-4-6-8-15)23(20,21)16-11-9-14(2)10-12-16/h4-12H,3,13H2,1-2H3. The van der Waals surface area contributed by atoms with Crippen molar-refractivity contribution in [3.05, 3.63) is 60.2 Å². The first-order valence-electron chi connectivity index (χ1n) is 7.25. The van der Waals surface area contributed by atoms with Crippen molar-refractivity contribution in [3.63, 3.8) is 0 Å². The van der Waals surface area contributed by atoms with E-state index in [2.05, 4.69) is 0 Å². The fraction of sp³-hybridized carbons (Fsp3) is 0.235. The normalized spacial score (nSPS) is 11.0. The molecule has 2 aromatic carbocycles. The van der Waals surface area contributed by atoms with Crippen LogP contribution in [0.15, 0.2) is 59.5 Å². The van der Waals surface area contributed by atoms with Crippen molar-refractivity contribution in [1.82, 2.24) is 0 Å². The molecule has 0 amide bonds. The summed E-state index contributed by atoms with van der Waals surface area (Å²) in [7, 11) is -3.85. The average Bonchev–Trinajstić information content (AvgIpc) is 2.54. The zero-order valence-electron chi connectivity index (χ0n) is 13.1. The lowest BCUT2D eigenvalue weighted by molar-refractivity contribution is -0.141. The third-order valence-electron chi connectivity index (χ3n) is 3.23. The molecule has 0 bridgehead atoms. The topological polar surface area (TPSA) is 63.7 Å². The molecule has 0 fully saturated rings. The number of ether oxygens (including phenoxy) is 1. The van der Waals surface area contributed by atoms with Crippen LogP contribution in [-0.4, -0.2) is 27.5 Å². The van der Waals surface area contributed by atoms with E-state index >= 15 is 0 Å². The summed E-state index contributed by atoms with van der Waals surface area (Å²) in [6.07, 6.45) is 0. The Morgan fingerprint density at radius 2 is 1.65 bits per heavy atom. The first kappa shape index (κ1) is 17.0. The summed E-state index contributed by atoms with van der Waals surface area (Å²) in [6.45, 7) is 3.39. The van der Waals surface area contributed by atoms with Gasteiger partial charge in [-0.25, -0.2) is 8.42 Å². The highest BCUT2D eigenvalue weighted by Gasteiger charge is 2.27. The number of anilines is 1. The summed E-state index contributed by atoms with van der Waals surface area (Å²) in [5, 5.41) is 0. The number of hydrogen-bond acceptors (Lipinski definition) is 4. The predicted octanol–water partition coefficient (Wildman–Crippen LogP) is 2.75. The summed E-state index contributed by atoms with van der Waals surface area (Å²) in [4.78, 5) is 12.0. The minimum atomic E-state index is -3.85. The first-order chi connectivity index (χ1) is 10.9. The van der Waals surface area contributed by atoms with Crippen molar-refractivity contribution in [3.8, 4) is 0 Å². The van der Waals surface area contributed by atoms with Gasteiger partial charge in [0.15, 0.2) is 0 Å². The second-order valence-corrected chi connectivity index (χ2v) is 6.83. The van der Waals surface area contributed by atoms with Gasteiger partial charge < -0.3 is 4.74 Å². The summed E-state index contributed by atoms with van der Waals surface area (Å²) < 4.78 is 31.8. The van der Waals surface area contributed by atoms with Gasteiger partial charge in [0, 0.05) is 0 Å². The number of esters is 1. The average molecular weight is 333 g/mol. The molecular weight excluding hydrogens is 314 g/mol. The molecule has 0 spiro atoms. The van der Waals surface area contributed by atoms with E-state index in [1.165, 1.54) is 12.1 Å². The molecule has 0 saturated heterocycles. The number of carbonyl (C=O) groups excluding carboxylic acids is 1. The Labute approximate surface area is 136 Å². The van der Waals surface area contributed by atoms with Crippen molar-refractivity contribution in [2.75, 3.05) is 17.5 Å². The summed E-state index contributed by atoms with van der Waals surface area (Å²) in [6, 6.07) is 15.0. The van der Waals surface area contributed by atoms with E-state index in [0.29, 0.717) is 5.69 Å². The number of nitrogens with zero attached hydrogens (tertiary/aromatic N) is 1. The van der Waals surface area contributed by atoms with E-state index in [9.17, 15) is 13.2 Å². The Balaban J connectivity index is 2.43. The van der Waals surface area contributed by atoms with Crippen LogP contribution in [0.5, 0.6) is 0 Å². The molecule has 5 nitrogen and oxygen atoms in total.